The van der Waals surface area contributed by atoms with E-state index < -0.39 is 10.2 Å². The van der Waals surface area contributed by atoms with Gasteiger partial charge in [-0.3, -0.25) is 0 Å². The van der Waals surface area contributed by atoms with Crippen LogP contribution in [0.2, 0.25) is 0 Å². The minimum absolute atomic E-state index is 0.344. The molecule has 0 radical (unpaired) electrons. The second-order valence-electron chi connectivity index (χ2n) is 6.85. The number of likely N-dealkylation sites (N-methyl/N-ethyl adjacent to an activating group) is 1. The topological polar surface area (TPSA) is 101 Å². The zero-order valence-corrected chi connectivity index (χ0v) is 14.8. The first-order valence-corrected chi connectivity index (χ1v) is 8.86. The van der Waals surface area contributed by atoms with E-state index in [1.165, 1.54) is 36.0 Å². The molecule has 1 aromatic rings. The Morgan fingerprint density at radius 3 is 2.26 bits per heavy atom. The molecule has 2 fully saturated rings. The summed E-state index contributed by atoms with van der Waals surface area (Å²) < 4.78 is 40.6. The van der Waals surface area contributed by atoms with Crippen LogP contribution >= 0.6 is 0 Å². The van der Waals surface area contributed by atoms with Crippen LogP contribution in [0.5, 0.6) is 5.75 Å². The maximum Gasteiger partial charge on any atom is 0.156 e. The summed E-state index contributed by atoms with van der Waals surface area (Å²) in [5.41, 5.74) is 2.26. The van der Waals surface area contributed by atoms with Crippen LogP contribution in [0.3, 0.4) is 0 Å². The first-order chi connectivity index (χ1) is 10.5. The molecule has 23 heavy (non-hydrogen) atoms. The van der Waals surface area contributed by atoms with E-state index >= 15 is 0 Å². The number of benzene rings is 1. The molecular formula is C16H24ClNO5. The SMILES string of the molecule is CCC1(c2cccc(OC)c2)CC[N+]2(C)CC12C.[O-][Cl+3]([O-])([O-])[O-]. The molecule has 0 spiro atoms. The maximum absolute atomic E-state index is 8.49. The number of nitrogens with zero attached hydrogens (tertiary/aromatic N) is 1. The lowest BCUT2D eigenvalue weighted by atomic mass is 9.67. The minimum Gasteiger partial charge on any atom is -0.497 e. The van der Waals surface area contributed by atoms with Crippen molar-refractivity contribution in [2.24, 2.45) is 0 Å². The number of piperidine rings is 1. The Morgan fingerprint density at radius 2 is 1.87 bits per heavy atom. The van der Waals surface area contributed by atoms with Crippen LogP contribution in [0.15, 0.2) is 24.3 Å². The zero-order valence-electron chi connectivity index (χ0n) is 14.0. The third-order valence-corrected chi connectivity index (χ3v) is 6.03. The summed E-state index contributed by atoms with van der Waals surface area (Å²) in [6, 6.07) is 8.74. The van der Waals surface area contributed by atoms with Gasteiger partial charge in [0.2, 0.25) is 0 Å². The highest BCUT2D eigenvalue weighted by molar-refractivity contribution is 5.39. The first kappa shape index (κ1) is 18.4. The van der Waals surface area contributed by atoms with E-state index in [1.54, 1.807) is 7.11 Å². The van der Waals surface area contributed by atoms with Crippen molar-refractivity contribution in [1.82, 2.24) is 0 Å². The van der Waals surface area contributed by atoms with Gasteiger partial charge in [-0.25, -0.2) is 18.6 Å². The molecule has 0 N–H and O–H groups in total. The average molecular weight is 346 g/mol. The van der Waals surface area contributed by atoms with E-state index in [0.717, 1.165) is 5.75 Å². The van der Waals surface area contributed by atoms with Gasteiger partial charge in [-0.15, -0.1) is 10.2 Å². The van der Waals surface area contributed by atoms with Crippen LogP contribution in [-0.2, 0) is 5.41 Å². The van der Waals surface area contributed by atoms with Gasteiger partial charge in [0, 0.05) is 6.42 Å². The summed E-state index contributed by atoms with van der Waals surface area (Å²) in [5.74, 6) is 0.991. The van der Waals surface area contributed by atoms with Crippen molar-refractivity contribution < 1.29 is 38.1 Å². The molecule has 1 aromatic carbocycles. The normalized spacial score (nSPS) is 35.1. The monoisotopic (exact) mass is 345 g/mol. The number of hydrogen-bond acceptors (Lipinski definition) is 5. The Hall–Kier alpha value is -0.890. The molecule has 2 aliphatic rings. The highest BCUT2D eigenvalue weighted by Gasteiger charge is 2.77. The summed E-state index contributed by atoms with van der Waals surface area (Å²) >= 11 is 0. The Balaban J connectivity index is 0.000000338. The molecule has 0 saturated carbocycles. The third kappa shape index (κ3) is 3.20. The molecule has 2 heterocycles. The quantitative estimate of drug-likeness (QED) is 0.475. The average Bonchev–Trinajstić information content (AvgIpc) is 2.94. The maximum atomic E-state index is 8.49. The van der Waals surface area contributed by atoms with Crippen molar-refractivity contribution in [1.29, 1.82) is 0 Å². The van der Waals surface area contributed by atoms with Crippen LogP contribution in [0.1, 0.15) is 32.3 Å². The largest absolute Gasteiger partial charge is 0.497 e. The molecule has 0 bridgehead atoms. The zero-order chi connectivity index (χ0) is 17.5. The Kier molecular flexibility index (Phi) is 4.71. The summed E-state index contributed by atoms with van der Waals surface area (Å²) in [7, 11) is -0.775. The number of quaternary nitrogens is 1. The van der Waals surface area contributed by atoms with Gasteiger partial charge in [0.25, 0.3) is 0 Å². The molecule has 0 amide bonds. The van der Waals surface area contributed by atoms with Gasteiger partial charge in [0.1, 0.15) is 12.3 Å². The standard InChI is InChI=1S/C16H24NO.ClHO4/c1-5-16(9-10-17(3)12-15(16,17)2)13-7-6-8-14(11-13)18-4;2-1(3,4)5/h6-8,11H,5,9-10,12H2,1-4H3;(H,2,3,4,5)/q+1;/p-1. The molecule has 2 aliphatic heterocycles. The number of halogens is 1. The fraction of sp³-hybridized carbons (Fsp3) is 0.625. The Labute approximate surface area is 139 Å². The minimum atomic E-state index is -4.94. The van der Waals surface area contributed by atoms with Crippen molar-refractivity contribution >= 4 is 0 Å². The van der Waals surface area contributed by atoms with Crippen molar-refractivity contribution in [2.75, 3.05) is 27.2 Å². The van der Waals surface area contributed by atoms with E-state index in [9.17, 15) is 0 Å². The summed E-state index contributed by atoms with van der Waals surface area (Å²) in [6.07, 6.45) is 2.54. The van der Waals surface area contributed by atoms with Crippen molar-refractivity contribution in [3.05, 3.63) is 29.8 Å². The smallest absolute Gasteiger partial charge is 0.156 e. The number of ether oxygens (including phenoxy) is 1. The molecule has 3 rings (SSSR count). The van der Waals surface area contributed by atoms with E-state index in [2.05, 4.69) is 39.1 Å². The second kappa shape index (κ2) is 5.88. The van der Waals surface area contributed by atoms with E-state index in [0.29, 0.717) is 11.0 Å². The van der Waals surface area contributed by atoms with E-state index in [-0.39, 0.29) is 0 Å². The highest BCUT2D eigenvalue weighted by Crippen LogP contribution is 2.62. The fourth-order valence-corrected chi connectivity index (χ4v) is 4.48. The second-order valence-corrected chi connectivity index (χ2v) is 7.60. The van der Waals surface area contributed by atoms with Crippen LogP contribution in [0.25, 0.3) is 0 Å². The molecule has 3 unspecified atom stereocenters. The van der Waals surface area contributed by atoms with Crippen LogP contribution in [0, 0.1) is 10.2 Å². The number of methoxy groups -OCH3 is 1. The number of hydrogen-bond donors (Lipinski definition) is 0. The predicted molar refractivity (Wildman–Crippen MR) is 73.9 cm³/mol. The number of rotatable bonds is 3. The fourth-order valence-electron chi connectivity index (χ4n) is 4.48. The van der Waals surface area contributed by atoms with Crippen LogP contribution < -0.4 is 23.4 Å². The van der Waals surface area contributed by atoms with Gasteiger partial charge in [0.15, 0.2) is 5.54 Å². The molecule has 130 valence electrons. The van der Waals surface area contributed by atoms with Gasteiger partial charge in [-0.1, -0.05) is 19.1 Å². The van der Waals surface area contributed by atoms with Gasteiger partial charge < -0.3 is 9.22 Å². The molecule has 2 saturated heterocycles. The molecule has 6 nitrogen and oxygen atoms in total. The molecule has 0 aliphatic carbocycles. The summed E-state index contributed by atoms with van der Waals surface area (Å²) in [4.78, 5) is 0. The van der Waals surface area contributed by atoms with E-state index in [1.807, 2.05) is 6.07 Å². The van der Waals surface area contributed by atoms with Crippen LogP contribution in [0.4, 0.5) is 0 Å². The predicted octanol–water partition coefficient (Wildman–Crippen LogP) is -1.79. The first-order valence-electron chi connectivity index (χ1n) is 7.62. The molecular weight excluding hydrogens is 322 g/mol. The summed E-state index contributed by atoms with van der Waals surface area (Å²) in [6.45, 7) is 7.47. The molecule has 7 heteroatoms. The van der Waals surface area contributed by atoms with Gasteiger partial charge in [-0.05, 0) is 31.0 Å². The van der Waals surface area contributed by atoms with Gasteiger partial charge in [0.05, 0.1) is 26.1 Å². The van der Waals surface area contributed by atoms with Gasteiger partial charge >= 0.3 is 0 Å². The molecule has 3 atom stereocenters. The highest BCUT2D eigenvalue weighted by atomic mass is 35.7. The lowest BCUT2D eigenvalue weighted by molar-refractivity contribution is -2.00. The van der Waals surface area contributed by atoms with E-state index in [4.69, 9.17) is 23.4 Å². The lowest BCUT2D eigenvalue weighted by Crippen LogP contribution is -2.68. The lowest BCUT2D eigenvalue weighted by Gasteiger charge is -2.31. The number of fused-ring (bicyclic) bond motifs is 1. The van der Waals surface area contributed by atoms with Gasteiger partial charge in [-0.2, -0.15) is 0 Å². The van der Waals surface area contributed by atoms with Crippen molar-refractivity contribution in [3.63, 3.8) is 0 Å². The van der Waals surface area contributed by atoms with Crippen LogP contribution in [-0.4, -0.2) is 37.3 Å². The van der Waals surface area contributed by atoms with Crippen molar-refractivity contribution in [2.45, 2.75) is 37.6 Å². The Morgan fingerprint density at radius 1 is 1.26 bits per heavy atom. The summed E-state index contributed by atoms with van der Waals surface area (Å²) in [5, 5.41) is 0. The third-order valence-electron chi connectivity index (χ3n) is 6.03. The Bertz CT molecular complexity index is 568. The molecule has 0 aromatic heterocycles. The van der Waals surface area contributed by atoms with Crippen molar-refractivity contribution in [3.8, 4) is 5.75 Å².